The van der Waals surface area contributed by atoms with Crippen molar-refractivity contribution in [1.82, 2.24) is 4.98 Å². The summed E-state index contributed by atoms with van der Waals surface area (Å²) in [6, 6.07) is 6.39. The molecule has 0 spiro atoms. The van der Waals surface area contributed by atoms with Gasteiger partial charge >= 0.3 is 0 Å². The lowest BCUT2D eigenvalue weighted by Gasteiger charge is -2.25. The van der Waals surface area contributed by atoms with Crippen LogP contribution in [-0.2, 0) is 6.54 Å². The summed E-state index contributed by atoms with van der Waals surface area (Å²) in [5.41, 5.74) is -0.364. The maximum absolute atomic E-state index is 13.8. The van der Waals surface area contributed by atoms with Crippen molar-refractivity contribution >= 4 is 17.3 Å². The van der Waals surface area contributed by atoms with Gasteiger partial charge in [0.2, 0.25) is 11.6 Å². The molecular formula is C14H11ClF4N2O. The molecule has 0 amide bonds. The number of hydrogen-bond acceptors (Lipinski definition) is 3. The molecule has 0 aliphatic carbocycles. The van der Waals surface area contributed by atoms with Gasteiger partial charge in [-0.2, -0.15) is 22.5 Å². The highest BCUT2D eigenvalue weighted by Gasteiger charge is 2.25. The highest BCUT2D eigenvalue weighted by molar-refractivity contribution is 6.30. The Kier molecular flexibility index (Phi) is 5.20. The summed E-state index contributed by atoms with van der Waals surface area (Å²) in [5, 5.41) is 9.43. The van der Waals surface area contributed by atoms with Crippen LogP contribution in [0.4, 0.5) is 23.2 Å². The number of nitrogens with zero attached hydrogens (tertiary/aromatic N) is 2. The molecule has 1 aromatic heterocycles. The van der Waals surface area contributed by atoms with Gasteiger partial charge in [0, 0.05) is 18.1 Å². The number of halogens is 5. The summed E-state index contributed by atoms with van der Waals surface area (Å²) in [6.07, 6.45) is 0. The second-order valence-corrected chi connectivity index (χ2v) is 4.88. The van der Waals surface area contributed by atoms with Crippen molar-refractivity contribution in [2.45, 2.75) is 6.54 Å². The van der Waals surface area contributed by atoms with E-state index in [2.05, 4.69) is 4.98 Å². The molecule has 2 aromatic rings. The molecule has 1 heterocycles. The Morgan fingerprint density at radius 1 is 1.09 bits per heavy atom. The zero-order chi connectivity index (χ0) is 16.3. The van der Waals surface area contributed by atoms with E-state index in [-0.39, 0.29) is 13.1 Å². The number of aliphatic hydroxyl groups excluding tert-OH is 1. The van der Waals surface area contributed by atoms with Gasteiger partial charge < -0.3 is 10.0 Å². The molecule has 118 valence electrons. The summed E-state index contributed by atoms with van der Waals surface area (Å²) in [7, 11) is 0. The van der Waals surface area contributed by atoms with Crippen LogP contribution in [0.1, 0.15) is 5.56 Å². The number of hydrogen-bond donors (Lipinski definition) is 1. The van der Waals surface area contributed by atoms with Crippen molar-refractivity contribution in [3.05, 3.63) is 58.4 Å². The van der Waals surface area contributed by atoms with E-state index >= 15 is 0 Å². The number of rotatable bonds is 5. The first-order chi connectivity index (χ1) is 10.4. The van der Waals surface area contributed by atoms with Crippen LogP contribution in [-0.4, -0.2) is 23.2 Å². The van der Waals surface area contributed by atoms with Crippen LogP contribution in [0, 0.1) is 23.5 Å². The molecule has 1 aromatic carbocycles. The summed E-state index contributed by atoms with van der Waals surface area (Å²) in [5.74, 6) is -6.73. The van der Waals surface area contributed by atoms with Crippen LogP contribution < -0.4 is 4.90 Å². The van der Waals surface area contributed by atoms with E-state index in [0.717, 1.165) is 4.90 Å². The highest BCUT2D eigenvalue weighted by Crippen LogP contribution is 2.27. The molecule has 0 fully saturated rings. The second-order valence-electron chi connectivity index (χ2n) is 4.45. The third-order valence-corrected chi connectivity index (χ3v) is 3.16. The lowest BCUT2D eigenvalue weighted by molar-refractivity contribution is 0.299. The zero-order valence-corrected chi connectivity index (χ0v) is 11.9. The highest BCUT2D eigenvalue weighted by atomic mass is 35.5. The zero-order valence-electron chi connectivity index (χ0n) is 11.2. The molecule has 0 saturated carbocycles. The predicted molar refractivity (Wildman–Crippen MR) is 73.7 cm³/mol. The predicted octanol–water partition coefficient (Wildman–Crippen LogP) is 3.29. The Labute approximate surface area is 128 Å². The molecule has 0 radical (unpaired) electrons. The van der Waals surface area contributed by atoms with Crippen LogP contribution in [0.5, 0.6) is 0 Å². The Hall–Kier alpha value is -1.86. The molecule has 3 nitrogen and oxygen atoms in total. The van der Waals surface area contributed by atoms with Gasteiger partial charge in [-0.3, -0.25) is 0 Å². The third kappa shape index (κ3) is 3.48. The first-order valence-electron chi connectivity index (χ1n) is 6.24. The lowest BCUT2D eigenvalue weighted by atomic mass is 10.2. The molecule has 0 aliphatic heterocycles. The van der Waals surface area contributed by atoms with Crippen LogP contribution in [0.25, 0.3) is 0 Å². The standard InChI is InChI=1S/C14H11ClF4N2O/c15-9-3-1-2-8(6-9)7-21(4-5-22)12-10(16)13(18)20-14(19)11(12)17/h1-3,6,22H,4-5,7H2. The number of pyridine rings is 1. The van der Waals surface area contributed by atoms with Gasteiger partial charge in [-0.15, -0.1) is 0 Å². The third-order valence-electron chi connectivity index (χ3n) is 2.92. The van der Waals surface area contributed by atoms with E-state index in [4.69, 9.17) is 16.7 Å². The van der Waals surface area contributed by atoms with E-state index in [9.17, 15) is 17.6 Å². The normalized spacial score (nSPS) is 10.8. The van der Waals surface area contributed by atoms with Crippen molar-refractivity contribution in [1.29, 1.82) is 0 Å². The van der Waals surface area contributed by atoms with Gasteiger partial charge in [0.1, 0.15) is 5.69 Å². The quantitative estimate of drug-likeness (QED) is 0.673. The minimum Gasteiger partial charge on any atom is -0.395 e. The van der Waals surface area contributed by atoms with Crippen molar-refractivity contribution in [3.63, 3.8) is 0 Å². The Morgan fingerprint density at radius 3 is 2.27 bits per heavy atom. The van der Waals surface area contributed by atoms with Crippen molar-refractivity contribution in [2.24, 2.45) is 0 Å². The topological polar surface area (TPSA) is 36.4 Å². The second kappa shape index (κ2) is 6.93. The van der Waals surface area contributed by atoms with E-state index in [1.54, 1.807) is 18.2 Å². The van der Waals surface area contributed by atoms with E-state index < -0.39 is 35.8 Å². The van der Waals surface area contributed by atoms with E-state index in [1.165, 1.54) is 6.07 Å². The first-order valence-corrected chi connectivity index (χ1v) is 6.62. The van der Waals surface area contributed by atoms with E-state index in [1.807, 2.05) is 0 Å². The number of aromatic nitrogens is 1. The molecule has 0 unspecified atom stereocenters. The fourth-order valence-electron chi connectivity index (χ4n) is 2.00. The first kappa shape index (κ1) is 16.5. The van der Waals surface area contributed by atoms with Gasteiger partial charge in [-0.1, -0.05) is 23.7 Å². The lowest BCUT2D eigenvalue weighted by Crippen LogP contribution is -2.29. The Morgan fingerprint density at radius 2 is 1.73 bits per heavy atom. The summed E-state index contributed by atoms with van der Waals surface area (Å²) in [4.78, 5) is 3.48. The SMILES string of the molecule is OCCN(Cc1cccc(Cl)c1)c1c(F)c(F)nc(F)c1F. The van der Waals surface area contributed by atoms with Gasteiger partial charge in [0.15, 0.2) is 0 Å². The monoisotopic (exact) mass is 334 g/mol. The summed E-state index contributed by atoms with van der Waals surface area (Å²) >= 11 is 5.82. The molecular weight excluding hydrogens is 324 g/mol. The van der Waals surface area contributed by atoms with Crippen molar-refractivity contribution in [3.8, 4) is 0 Å². The van der Waals surface area contributed by atoms with Gasteiger partial charge in [0.05, 0.1) is 6.61 Å². The maximum Gasteiger partial charge on any atom is 0.253 e. The average molecular weight is 335 g/mol. The minimum atomic E-state index is -1.75. The molecule has 0 saturated heterocycles. The smallest absolute Gasteiger partial charge is 0.253 e. The number of aliphatic hydroxyl groups is 1. The number of benzene rings is 1. The summed E-state index contributed by atoms with van der Waals surface area (Å²) in [6.45, 7) is -0.799. The number of anilines is 1. The van der Waals surface area contributed by atoms with E-state index in [0.29, 0.717) is 10.6 Å². The Balaban J connectivity index is 2.44. The molecule has 1 N–H and O–H groups in total. The Bertz CT molecular complexity index is 658. The maximum atomic E-state index is 13.8. The van der Waals surface area contributed by atoms with Gasteiger partial charge in [0.25, 0.3) is 11.9 Å². The molecule has 8 heteroatoms. The summed E-state index contributed by atoms with van der Waals surface area (Å²) < 4.78 is 54.0. The molecule has 0 atom stereocenters. The van der Waals surface area contributed by atoms with Gasteiger partial charge in [-0.25, -0.2) is 0 Å². The van der Waals surface area contributed by atoms with Crippen LogP contribution in [0.2, 0.25) is 5.02 Å². The van der Waals surface area contributed by atoms with Crippen molar-refractivity contribution in [2.75, 3.05) is 18.1 Å². The molecule has 0 bridgehead atoms. The van der Waals surface area contributed by atoms with Crippen LogP contribution in [0.15, 0.2) is 24.3 Å². The fraction of sp³-hybridized carbons (Fsp3) is 0.214. The molecule has 0 aliphatic rings. The average Bonchev–Trinajstić information content (AvgIpc) is 2.46. The largest absolute Gasteiger partial charge is 0.395 e. The fourth-order valence-corrected chi connectivity index (χ4v) is 2.21. The van der Waals surface area contributed by atoms with Crippen LogP contribution in [0.3, 0.4) is 0 Å². The van der Waals surface area contributed by atoms with Crippen molar-refractivity contribution < 1.29 is 22.7 Å². The van der Waals surface area contributed by atoms with Crippen LogP contribution >= 0.6 is 11.6 Å². The molecule has 2 rings (SSSR count). The molecule has 22 heavy (non-hydrogen) atoms. The van der Waals surface area contributed by atoms with Gasteiger partial charge in [-0.05, 0) is 17.7 Å². The minimum absolute atomic E-state index is 0.0994.